The molecule has 3 rings (SSSR count). The third-order valence-electron chi connectivity index (χ3n) is 4.12. The molecule has 29 heavy (non-hydrogen) atoms. The van der Waals surface area contributed by atoms with Gasteiger partial charge in [0.1, 0.15) is 11.6 Å². The molecule has 0 saturated heterocycles. The Labute approximate surface area is 165 Å². The van der Waals surface area contributed by atoms with Crippen LogP contribution in [0.1, 0.15) is 38.0 Å². The number of rotatable bonds is 5. The van der Waals surface area contributed by atoms with Gasteiger partial charge in [0.2, 0.25) is 0 Å². The normalized spacial score (nSPS) is 10.3. The summed E-state index contributed by atoms with van der Waals surface area (Å²) in [5.74, 6) is -2.84. The number of anilines is 2. The first-order valence-electron chi connectivity index (χ1n) is 8.62. The van der Waals surface area contributed by atoms with Crippen LogP contribution in [0.2, 0.25) is 0 Å². The van der Waals surface area contributed by atoms with Gasteiger partial charge in [-0.3, -0.25) is 14.4 Å². The van der Waals surface area contributed by atoms with Crippen LogP contribution in [0.4, 0.5) is 20.2 Å². The zero-order chi connectivity index (χ0) is 21.0. The van der Waals surface area contributed by atoms with Crippen LogP contribution in [-0.4, -0.2) is 17.6 Å². The monoisotopic (exact) mass is 394 g/mol. The van der Waals surface area contributed by atoms with Gasteiger partial charge in [-0.15, -0.1) is 0 Å². The van der Waals surface area contributed by atoms with E-state index >= 15 is 0 Å². The van der Waals surface area contributed by atoms with Crippen molar-refractivity contribution >= 4 is 29.0 Å². The summed E-state index contributed by atoms with van der Waals surface area (Å²) >= 11 is 0. The van der Waals surface area contributed by atoms with Gasteiger partial charge in [0.25, 0.3) is 11.8 Å². The summed E-state index contributed by atoms with van der Waals surface area (Å²) < 4.78 is 26.7. The van der Waals surface area contributed by atoms with Gasteiger partial charge in [-0.25, -0.2) is 8.78 Å². The lowest BCUT2D eigenvalue weighted by molar-refractivity contribution is 0.101. The highest BCUT2D eigenvalue weighted by atomic mass is 19.1. The molecule has 0 aliphatic rings. The van der Waals surface area contributed by atoms with E-state index in [2.05, 4.69) is 10.6 Å². The summed E-state index contributed by atoms with van der Waals surface area (Å²) in [6, 6.07) is 15.1. The Kier molecular flexibility index (Phi) is 5.78. The highest BCUT2D eigenvalue weighted by molar-refractivity contribution is 6.08. The average Bonchev–Trinajstić information content (AvgIpc) is 2.70. The van der Waals surface area contributed by atoms with E-state index in [1.165, 1.54) is 31.2 Å². The van der Waals surface area contributed by atoms with Crippen molar-refractivity contribution in [2.45, 2.75) is 6.92 Å². The van der Waals surface area contributed by atoms with Gasteiger partial charge >= 0.3 is 0 Å². The van der Waals surface area contributed by atoms with Gasteiger partial charge in [0, 0.05) is 28.4 Å². The molecule has 146 valence electrons. The van der Waals surface area contributed by atoms with E-state index in [-0.39, 0.29) is 22.6 Å². The van der Waals surface area contributed by atoms with Gasteiger partial charge in [-0.1, -0.05) is 6.07 Å². The van der Waals surface area contributed by atoms with Crippen molar-refractivity contribution in [2.24, 2.45) is 0 Å². The molecule has 0 aromatic heterocycles. The van der Waals surface area contributed by atoms with E-state index < -0.39 is 23.4 Å². The summed E-state index contributed by atoms with van der Waals surface area (Å²) in [4.78, 5) is 36.1. The van der Waals surface area contributed by atoms with E-state index in [1.807, 2.05) is 0 Å². The van der Waals surface area contributed by atoms with Crippen LogP contribution in [0.25, 0.3) is 0 Å². The second-order valence-electron chi connectivity index (χ2n) is 6.25. The molecule has 3 aromatic rings. The molecular weight excluding hydrogens is 378 g/mol. The molecule has 3 aromatic carbocycles. The van der Waals surface area contributed by atoms with E-state index in [4.69, 9.17) is 0 Å². The molecular formula is C22H16F2N2O3. The van der Waals surface area contributed by atoms with E-state index in [9.17, 15) is 23.2 Å². The van der Waals surface area contributed by atoms with Crippen LogP contribution in [-0.2, 0) is 0 Å². The van der Waals surface area contributed by atoms with Crippen molar-refractivity contribution in [1.82, 2.24) is 0 Å². The first-order chi connectivity index (χ1) is 13.8. The van der Waals surface area contributed by atoms with Crippen LogP contribution in [0.15, 0.2) is 66.7 Å². The van der Waals surface area contributed by atoms with Crippen molar-refractivity contribution in [1.29, 1.82) is 0 Å². The zero-order valence-corrected chi connectivity index (χ0v) is 15.3. The Balaban J connectivity index is 1.73. The third kappa shape index (κ3) is 4.90. The molecule has 0 unspecified atom stereocenters. The minimum atomic E-state index is -0.902. The first kappa shape index (κ1) is 19.9. The summed E-state index contributed by atoms with van der Waals surface area (Å²) in [6.07, 6.45) is 0. The molecule has 2 amide bonds. The maximum atomic E-state index is 13.7. The fraction of sp³-hybridized carbons (Fsp3) is 0.0455. The van der Waals surface area contributed by atoms with Gasteiger partial charge < -0.3 is 10.6 Å². The summed E-state index contributed by atoms with van der Waals surface area (Å²) in [6.45, 7) is 1.45. The molecule has 0 fully saturated rings. The van der Waals surface area contributed by atoms with E-state index in [1.54, 1.807) is 24.3 Å². The molecule has 5 nitrogen and oxygen atoms in total. The minimum absolute atomic E-state index is 0.0841. The van der Waals surface area contributed by atoms with Crippen molar-refractivity contribution in [3.05, 3.63) is 95.1 Å². The van der Waals surface area contributed by atoms with E-state index in [0.717, 1.165) is 12.1 Å². The molecule has 0 spiro atoms. The predicted molar refractivity (Wildman–Crippen MR) is 105 cm³/mol. The number of carbonyl (C=O) groups excluding carboxylic acids is 3. The summed E-state index contributed by atoms with van der Waals surface area (Å²) in [5, 5.41) is 5.01. The van der Waals surface area contributed by atoms with Crippen LogP contribution in [0.3, 0.4) is 0 Å². The largest absolute Gasteiger partial charge is 0.322 e. The lowest BCUT2D eigenvalue weighted by Crippen LogP contribution is -2.16. The molecule has 0 atom stereocenters. The number of nitrogens with one attached hydrogen (secondary N) is 2. The Bertz CT molecular complexity index is 1100. The smallest absolute Gasteiger partial charge is 0.255 e. The highest BCUT2D eigenvalue weighted by Gasteiger charge is 2.13. The van der Waals surface area contributed by atoms with Crippen molar-refractivity contribution in [3.8, 4) is 0 Å². The minimum Gasteiger partial charge on any atom is -0.322 e. The van der Waals surface area contributed by atoms with Crippen LogP contribution in [0.5, 0.6) is 0 Å². The number of carbonyl (C=O) groups is 3. The van der Waals surface area contributed by atoms with Crippen molar-refractivity contribution < 1.29 is 23.2 Å². The Morgan fingerprint density at radius 2 is 1.34 bits per heavy atom. The van der Waals surface area contributed by atoms with Crippen molar-refractivity contribution in [2.75, 3.05) is 10.6 Å². The van der Waals surface area contributed by atoms with E-state index in [0.29, 0.717) is 17.3 Å². The van der Waals surface area contributed by atoms with Gasteiger partial charge in [-0.2, -0.15) is 0 Å². The number of ketones is 1. The molecule has 0 radical (unpaired) electrons. The summed E-state index contributed by atoms with van der Waals surface area (Å²) in [5.41, 5.74) is 1.19. The molecule has 0 heterocycles. The van der Waals surface area contributed by atoms with Gasteiger partial charge in [-0.05, 0) is 61.5 Å². The quantitative estimate of drug-likeness (QED) is 0.618. The molecule has 0 aliphatic carbocycles. The second-order valence-corrected chi connectivity index (χ2v) is 6.25. The molecule has 2 N–H and O–H groups in total. The highest BCUT2D eigenvalue weighted by Crippen LogP contribution is 2.17. The maximum Gasteiger partial charge on any atom is 0.255 e. The molecule has 0 bridgehead atoms. The third-order valence-corrected chi connectivity index (χ3v) is 4.12. The SMILES string of the molecule is CC(=O)c1ccc(NC(=O)c2cccc(C(=O)Nc3ccc(F)cc3F)c2)cc1. The molecule has 7 heteroatoms. The number of amides is 2. The fourth-order valence-corrected chi connectivity index (χ4v) is 2.58. The lowest BCUT2D eigenvalue weighted by Gasteiger charge is -2.09. The van der Waals surface area contributed by atoms with Crippen LogP contribution in [0, 0.1) is 11.6 Å². The fourth-order valence-electron chi connectivity index (χ4n) is 2.58. The van der Waals surface area contributed by atoms with Crippen molar-refractivity contribution in [3.63, 3.8) is 0 Å². The Morgan fingerprint density at radius 1 is 0.724 bits per heavy atom. The molecule has 0 aliphatic heterocycles. The number of Topliss-reactive ketones (excluding diaryl/α,β-unsaturated/α-hetero) is 1. The topological polar surface area (TPSA) is 75.3 Å². The maximum absolute atomic E-state index is 13.7. The number of benzene rings is 3. The summed E-state index contributed by atoms with van der Waals surface area (Å²) in [7, 11) is 0. The van der Waals surface area contributed by atoms with Crippen LogP contribution < -0.4 is 10.6 Å². The predicted octanol–water partition coefficient (Wildman–Crippen LogP) is 4.67. The van der Waals surface area contributed by atoms with Gasteiger partial charge in [0.15, 0.2) is 5.78 Å². The lowest BCUT2D eigenvalue weighted by atomic mass is 10.1. The number of halogens is 2. The standard InChI is InChI=1S/C22H16F2N2O3/c1-13(27)14-5-8-18(9-6-14)25-21(28)15-3-2-4-16(11-15)22(29)26-20-10-7-17(23)12-19(20)24/h2-12H,1H3,(H,25,28)(H,26,29). The molecule has 0 saturated carbocycles. The number of hydrogen-bond acceptors (Lipinski definition) is 3. The zero-order valence-electron chi connectivity index (χ0n) is 15.3. The first-order valence-corrected chi connectivity index (χ1v) is 8.62. The second kappa shape index (κ2) is 8.43. The Morgan fingerprint density at radius 3 is 1.93 bits per heavy atom. The Hall–Kier alpha value is -3.87. The average molecular weight is 394 g/mol. The number of hydrogen-bond donors (Lipinski definition) is 2. The van der Waals surface area contributed by atoms with Gasteiger partial charge in [0.05, 0.1) is 5.69 Å². The van der Waals surface area contributed by atoms with Crippen LogP contribution >= 0.6 is 0 Å².